The quantitative estimate of drug-likeness (QED) is 0.601. The summed E-state index contributed by atoms with van der Waals surface area (Å²) in [6.45, 7) is 5.67. The van der Waals surface area contributed by atoms with Crippen LogP contribution in [0.25, 0.3) is 0 Å². The Morgan fingerprint density at radius 1 is 1.50 bits per heavy atom. The summed E-state index contributed by atoms with van der Waals surface area (Å²) in [5, 5.41) is 12.0. The van der Waals surface area contributed by atoms with Crippen molar-refractivity contribution in [2.24, 2.45) is 5.41 Å². The molecule has 0 radical (unpaired) electrons. The minimum absolute atomic E-state index is 0.334. The number of hydrogen-bond donors (Lipinski definition) is 1. The topological polar surface area (TPSA) is 45.0 Å². The average molecular weight is 196 g/mol. The fourth-order valence-electron chi connectivity index (χ4n) is 1.56. The molecule has 0 aromatic carbocycles. The summed E-state index contributed by atoms with van der Waals surface area (Å²) in [6, 6.07) is 2.27. The first-order chi connectivity index (χ1) is 6.83. The Balaban J connectivity index is 1.91. The first kappa shape index (κ1) is 11.5. The minimum Gasteiger partial charge on any atom is -0.382 e. The maximum atomic E-state index is 8.62. The van der Waals surface area contributed by atoms with Crippen LogP contribution in [0.4, 0.5) is 0 Å². The van der Waals surface area contributed by atoms with Crippen LogP contribution in [0, 0.1) is 16.7 Å². The van der Waals surface area contributed by atoms with E-state index in [1.54, 1.807) is 0 Å². The van der Waals surface area contributed by atoms with E-state index in [2.05, 4.69) is 11.4 Å². The summed E-state index contributed by atoms with van der Waals surface area (Å²) in [4.78, 5) is 0. The van der Waals surface area contributed by atoms with Crippen LogP contribution in [-0.4, -0.2) is 26.3 Å². The van der Waals surface area contributed by atoms with Crippen molar-refractivity contribution in [3.8, 4) is 6.07 Å². The molecule has 0 spiro atoms. The second-order valence-electron chi connectivity index (χ2n) is 4.06. The molecule has 1 saturated carbocycles. The van der Waals surface area contributed by atoms with E-state index in [9.17, 15) is 0 Å². The van der Waals surface area contributed by atoms with Crippen LogP contribution in [0.5, 0.6) is 0 Å². The highest BCUT2D eigenvalue weighted by Crippen LogP contribution is 2.47. The third-order valence-electron chi connectivity index (χ3n) is 2.76. The molecule has 80 valence electrons. The largest absolute Gasteiger partial charge is 0.382 e. The molecule has 0 amide bonds. The Hall–Kier alpha value is -0.590. The third-order valence-corrected chi connectivity index (χ3v) is 2.76. The van der Waals surface area contributed by atoms with Gasteiger partial charge in [0.25, 0.3) is 0 Å². The van der Waals surface area contributed by atoms with Gasteiger partial charge in [0.2, 0.25) is 0 Å². The van der Waals surface area contributed by atoms with Crippen LogP contribution in [0.2, 0.25) is 0 Å². The summed E-state index contributed by atoms with van der Waals surface area (Å²) in [7, 11) is 0. The molecular weight excluding hydrogens is 176 g/mol. The predicted molar refractivity (Wildman–Crippen MR) is 55.9 cm³/mol. The van der Waals surface area contributed by atoms with Gasteiger partial charge in [-0.15, -0.1) is 0 Å². The van der Waals surface area contributed by atoms with Gasteiger partial charge in [0.1, 0.15) is 0 Å². The zero-order valence-electron chi connectivity index (χ0n) is 9.01. The molecule has 0 aliphatic heterocycles. The standard InChI is InChI=1S/C11H20N2O/c1-2-14-9-3-8-13-10-11(4-5-11)6-7-12/h13H,2-6,8-10H2,1H3. The SMILES string of the molecule is CCOCCCNCC1(CC#N)CC1. The van der Waals surface area contributed by atoms with E-state index >= 15 is 0 Å². The van der Waals surface area contributed by atoms with Gasteiger partial charge in [-0.25, -0.2) is 0 Å². The second kappa shape index (κ2) is 6.00. The summed E-state index contributed by atoms with van der Waals surface area (Å²) < 4.78 is 5.24. The van der Waals surface area contributed by atoms with Gasteiger partial charge in [0.15, 0.2) is 0 Å². The van der Waals surface area contributed by atoms with E-state index < -0.39 is 0 Å². The van der Waals surface area contributed by atoms with Gasteiger partial charge >= 0.3 is 0 Å². The van der Waals surface area contributed by atoms with Crippen molar-refractivity contribution in [1.82, 2.24) is 5.32 Å². The van der Waals surface area contributed by atoms with E-state index in [0.717, 1.165) is 32.7 Å². The van der Waals surface area contributed by atoms with E-state index in [-0.39, 0.29) is 0 Å². The molecule has 14 heavy (non-hydrogen) atoms. The molecular formula is C11H20N2O. The Bertz CT molecular complexity index is 194. The zero-order valence-corrected chi connectivity index (χ0v) is 9.01. The van der Waals surface area contributed by atoms with Gasteiger partial charge in [-0.3, -0.25) is 0 Å². The molecule has 3 heteroatoms. The number of rotatable bonds is 8. The van der Waals surface area contributed by atoms with Crippen LogP contribution in [0.1, 0.15) is 32.6 Å². The molecule has 1 aliphatic rings. The maximum absolute atomic E-state index is 8.62. The van der Waals surface area contributed by atoms with Gasteiger partial charge in [-0.05, 0) is 38.1 Å². The van der Waals surface area contributed by atoms with E-state index in [4.69, 9.17) is 10.00 Å². The minimum atomic E-state index is 0.334. The fraction of sp³-hybridized carbons (Fsp3) is 0.909. The molecule has 0 aromatic heterocycles. The molecule has 0 atom stereocenters. The molecule has 0 aromatic rings. The molecule has 3 nitrogen and oxygen atoms in total. The van der Waals surface area contributed by atoms with Crippen molar-refractivity contribution in [3.63, 3.8) is 0 Å². The van der Waals surface area contributed by atoms with Crippen molar-refractivity contribution in [2.45, 2.75) is 32.6 Å². The first-order valence-corrected chi connectivity index (χ1v) is 5.48. The first-order valence-electron chi connectivity index (χ1n) is 5.48. The molecule has 1 aliphatic carbocycles. The Labute approximate surface area is 86.4 Å². The highest BCUT2D eigenvalue weighted by atomic mass is 16.5. The summed E-state index contributed by atoms with van der Waals surface area (Å²) in [6.07, 6.45) is 4.22. The van der Waals surface area contributed by atoms with E-state index in [0.29, 0.717) is 11.8 Å². The molecule has 1 fully saturated rings. The molecule has 0 heterocycles. The third kappa shape index (κ3) is 4.08. The van der Waals surface area contributed by atoms with Gasteiger partial charge in [0.05, 0.1) is 6.07 Å². The highest BCUT2D eigenvalue weighted by Gasteiger charge is 2.41. The lowest BCUT2D eigenvalue weighted by Crippen LogP contribution is -2.25. The lowest BCUT2D eigenvalue weighted by molar-refractivity contribution is 0.144. The van der Waals surface area contributed by atoms with Crippen molar-refractivity contribution >= 4 is 0 Å². The lowest BCUT2D eigenvalue weighted by atomic mass is 10.0. The molecule has 1 rings (SSSR count). The number of nitrogens with one attached hydrogen (secondary N) is 1. The molecule has 0 saturated heterocycles. The van der Waals surface area contributed by atoms with Crippen LogP contribution >= 0.6 is 0 Å². The number of nitrogens with zero attached hydrogens (tertiary/aromatic N) is 1. The van der Waals surface area contributed by atoms with Gasteiger partial charge < -0.3 is 10.1 Å². The summed E-state index contributed by atoms with van der Waals surface area (Å²) in [5.74, 6) is 0. The Morgan fingerprint density at radius 2 is 2.29 bits per heavy atom. The second-order valence-corrected chi connectivity index (χ2v) is 4.06. The number of nitriles is 1. The normalized spacial score (nSPS) is 17.7. The van der Waals surface area contributed by atoms with Crippen molar-refractivity contribution in [1.29, 1.82) is 5.26 Å². The molecule has 0 bridgehead atoms. The van der Waals surface area contributed by atoms with Gasteiger partial charge in [-0.2, -0.15) is 5.26 Å². The average Bonchev–Trinajstić information content (AvgIpc) is 2.93. The van der Waals surface area contributed by atoms with E-state index in [1.807, 2.05) is 6.92 Å². The predicted octanol–water partition coefficient (Wildman–Crippen LogP) is 1.70. The summed E-state index contributed by atoms with van der Waals surface area (Å²) >= 11 is 0. The van der Waals surface area contributed by atoms with Crippen molar-refractivity contribution in [3.05, 3.63) is 0 Å². The van der Waals surface area contributed by atoms with Gasteiger partial charge in [0, 0.05) is 26.2 Å². The van der Waals surface area contributed by atoms with Crippen LogP contribution in [0.3, 0.4) is 0 Å². The van der Waals surface area contributed by atoms with Crippen molar-refractivity contribution < 1.29 is 4.74 Å². The number of hydrogen-bond acceptors (Lipinski definition) is 3. The zero-order chi connectivity index (χ0) is 10.3. The van der Waals surface area contributed by atoms with Crippen LogP contribution in [0.15, 0.2) is 0 Å². The fourth-order valence-corrected chi connectivity index (χ4v) is 1.56. The van der Waals surface area contributed by atoms with Crippen LogP contribution < -0.4 is 5.32 Å². The van der Waals surface area contributed by atoms with Crippen LogP contribution in [-0.2, 0) is 4.74 Å². The lowest BCUT2D eigenvalue weighted by Gasteiger charge is -2.11. The summed E-state index contributed by atoms with van der Waals surface area (Å²) in [5.41, 5.74) is 0.334. The smallest absolute Gasteiger partial charge is 0.0628 e. The van der Waals surface area contributed by atoms with Gasteiger partial charge in [-0.1, -0.05) is 0 Å². The Morgan fingerprint density at radius 3 is 2.86 bits per heavy atom. The molecule has 0 unspecified atom stereocenters. The number of ether oxygens (including phenoxy) is 1. The van der Waals surface area contributed by atoms with E-state index in [1.165, 1.54) is 12.8 Å². The molecule has 1 N–H and O–H groups in total. The monoisotopic (exact) mass is 196 g/mol. The highest BCUT2D eigenvalue weighted by molar-refractivity contribution is 5.00. The van der Waals surface area contributed by atoms with Crippen molar-refractivity contribution in [2.75, 3.05) is 26.3 Å². The maximum Gasteiger partial charge on any atom is 0.0628 e. The Kier molecular flexibility index (Phi) is 4.92.